The minimum absolute atomic E-state index is 0.000136. The highest BCUT2D eigenvalue weighted by Crippen LogP contribution is 2.44. The third-order valence-corrected chi connectivity index (χ3v) is 8.72. The summed E-state index contributed by atoms with van der Waals surface area (Å²) in [5.41, 5.74) is 8.85. The molecule has 0 saturated heterocycles. The van der Waals surface area contributed by atoms with Gasteiger partial charge in [-0.15, -0.1) is 0 Å². The Bertz CT molecular complexity index is 1440. The van der Waals surface area contributed by atoms with Crippen LogP contribution in [0.15, 0.2) is 54.6 Å². The number of fused-ring (bicyclic) bond motifs is 2. The Morgan fingerprint density at radius 2 is 1.84 bits per heavy atom. The molecule has 4 rings (SSSR count). The molecule has 0 amide bonds. The van der Waals surface area contributed by atoms with Gasteiger partial charge in [0.05, 0.1) is 29.9 Å². The Morgan fingerprint density at radius 3 is 2.54 bits per heavy atom. The first-order valence-corrected chi connectivity index (χ1v) is 14.1. The number of anilines is 1. The zero-order valence-electron chi connectivity index (χ0n) is 21.6. The monoisotopic (exact) mass is 521 g/mol. The van der Waals surface area contributed by atoms with Gasteiger partial charge in [-0.3, -0.25) is 15.1 Å². The summed E-state index contributed by atoms with van der Waals surface area (Å²) in [6.07, 6.45) is 2.34. The van der Waals surface area contributed by atoms with E-state index in [9.17, 15) is 8.42 Å². The van der Waals surface area contributed by atoms with Gasteiger partial charge in [0.2, 0.25) is 10.0 Å². The number of rotatable bonds is 10. The molecule has 37 heavy (non-hydrogen) atoms. The van der Waals surface area contributed by atoms with E-state index in [2.05, 4.69) is 0 Å². The van der Waals surface area contributed by atoms with Crippen molar-refractivity contribution < 1.29 is 13.2 Å². The molecule has 0 fully saturated rings. The number of hydrogen-bond donors (Lipinski definition) is 3. The second-order valence-corrected chi connectivity index (χ2v) is 11.6. The molecular weight excluding hydrogens is 486 g/mol. The fraction of sp³-hybridized carbons (Fsp3) is 0.357. The van der Waals surface area contributed by atoms with Gasteiger partial charge in [-0.1, -0.05) is 24.3 Å². The van der Waals surface area contributed by atoms with E-state index in [4.69, 9.17) is 21.3 Å². The normalized spacial score (nSPS) is 15.0. The molecule has 0 saturated carbocycles. The molecule has 1 aliphatic heterocycles. The predicted molar refractivity (Wildman–Crippen MR) is 151 cm³/mol. The first kappa shape index (κ1) is 26.5. The van der Waals surface area contributed by atoms with Crippen molar-refractivity contribution >= 4 is 38.2 Å². The van der Waals surface area contributed by atoms with Crippen LogP contribution in [-0.2, 0) is 16.4 Å². The number of nitrogens with two attached hydrogens (primary N) is 1. The van der Waals surface area contributed by atoms with Gasteiger partial charge in [-0.25, -0.2) is 8.42 Å². The zero-order valence-corrected chi connectivity index (χ0v) is 22.4. The fourth-order valence-electron chi connectivity index (χ4n) is 4.67. The largest absolute Gasteiger partial charge is 0.494 e. The van der Waals surface area contributed by atoms with E-state index < -0.39 is 10.0 Å². The van der Waals surface area contributed by atoms with E-state index in [1.807, 2.05) is 66.5 Å². The van der Waals surface area contributed by atoms with Crippen LogP contribution in [0.25, 0.3) is 10.8 Å². The van der Waals surface area contributed by atoms with Crippen LogP contribution in [0, 0.1) is 10.8 Å². The topological polar surface area (TPSA) is 124 Å². The van der Waals surface area contributed by atoms with E-state index in [1.54, 1.807) is 18.2 Å². The molecule has 0 aromatic heterocycles. The van der Waals surface area contributed by atoms with Gasteiger partial charge in [0.15, 0.2) is 0 Å². The number of nitrogens with zero attached hydrogens (tertiary/aromatic N) is 2. The lowest BCUT2D eigenvalue weighted by molar-refractivity contribution is 0.300. The minimum atomic E-state index is -3.52. The third-order valence-electron chi connectivity index (χ3n) is 6.94. The maximum Gasteiger partial charge on any atom is 0.235 e. The molecule has 1 atom stereocenters. The molecule has 3 aromatic rings. The van der Waals surface area contributed by atoms with E-state index in [0.29, 0.717) is 30.1 Å². The van der Waals surface area contributed by atoms with Crippen LogP contribution < -0.4 is 14.8 Å². The average molecular weight is 522 g/mol. The number of hydrogen-bond acceptors (Lipinski definition) is 5. The molecule has 3 aromatic carbocycles. The van der Waals surface area contributed by atoms with Crippen molar-refractivity contribution in [2.24, 2.45) is 5.73 Å². The van der Waals surface area contributed by atoms with Crippen molar-refractivity contribution in [2.45, 2.75) is 39.2 Å². The van der Waals surface area contributed by atoms with E-state index >= 15 is 0 Å². The summed E-state index contributed by atoms with van der Waals surface area (Å²) < 4.78 is 34.0. The van der Waals surface area contributed by atoms with Crippen molar-refractivity contribution in [3.05, 3.63) is 71.3 Å². The third kappa shape index (κ3) is 5.72. The highest BCUT2D eigenvalue weighted by atomic mass is 32.2. The first-order chi connectivity index (χ1) is 17.6. The van der Waals surface area contributed by atoms with Crippen LogP contribution in [-0.4, -0.2) is 50.9 Å². The number of nitrogen functional groups attached to an aromatic ring is 1. The van der Waals surface area contributed by atoms with Gasteiger partial charge in [0.25, 0.3) is 0 Å². The summed E-state index contributed by atoms with van der Waals surface area (Å²) in [6.45, 7) is 4.82. The number of sulfonamides is 1. The maximum atomic E-state index is 13.2. The molecule has 4 N–H and O–H groups in total. The van der Waals surface area contributed by atoms with Gasteiger partial charge < -0.3 is 15.4 Å². The standard InChI is InChI=1S/C28H35N5O3S/c1-4-37(34,35)33-26-12-11-25(36-14-6-5-13-32(3)19(2)29)17-24(26)18-27(33)21-9-7-20-8-10-22(28(30)31)16-23(20)15-21/h7-12,15-17,27,29H,4-6,13-14,18H2,1-3H3,(H3,30,31). The molecule has 196 valence electrons. The van der Waals surface area contributed by atoms with E-state index in [-0.39, 0.29) is 17.6 Å². The van der Waals surface area contributed by atoms with Crippen LogP contribution in [0.4, 0.5) is 5.69 Å². The SMILES string of the molecule is CCS(=O)(=O)N1c2ccc(OCCCCN(C)C(C)=N)cc2CC1c1ccc2ccc(C(=N)N)cc2c1. The Balaban J connectivity index is 1.57. The van der Waals surface area contributed by atoms with Gasteiger partial charge in [-0.2, -0.15) is 0 Å². The minimum Gasteiger partial charge on any atom is -0.494 e. The lowest BCUT2D eigenvalue weighted by Gasteiger charge is -2.27. The highest BCUT2D eigenvalue weighted by Gasteiger charge is 2.37. The van der Waals surface area contributed by atoms with E-state index in [1.165, 1.54) is 0 Å². The highest BCUT2D eigenvalue weighted by molar-refractivity contribution is 7.92. The molecule has 0 radical (unpaired) electrons. The van der Waals surface area contributed by atoms with Crippen LogP contribution in [0.3, 0.4) is 0 Å². The second-order valence-electron chi connectivity index (χ2n) is 9.50. The quantitative estimate of drug-likeness (QED) is 0.203. The summed E-state index contributed by atoms with van der Waals surface area (Å²) in [5.74, 6) is 1.29. The van der Waals surface area contributed by atoms with Crippen molar-refractivity contribution in [3.8, 4) is 5.75 Å². The molecule has 1 heterocycles. The van der Waals surface area contributed by atoms with Crippen LogP contribution in [0.1, 0.15) is 49.4 Å². The fourth-order valence-corrected chi connectivity index (χ4v) is 6.01. The average Bonchev–Trinajstić information content (AvgIpc) is 3.27. The molecule has 0 bridgehead atoms. The Labute approximate surface area is 219 Å². The summed E-state index contributed by atoms with van der Waals surface area (Å²) in [7, 11) is -1.61. The lowest BCUT2D eigenvalue weighted by atomic mass is 9.98. The summed E-state index contributed by atoms with van der Waals surface area (Å²) in [6, 6.07) is 16.9. The van der Waals surface area contributed by atoms with Gasteiger partial charge in [-0.05, 0) is 78.9 Å². The second kappa shape index (κ2) is 10.8. The van der Waals surface area contributed by atoms with Crippen LogP contribution in [0.2, 0.25) is 0 Å². The molecule has 0 aliphatic carbocycles. The summed E-state index contributed by atoms with van der Waals surface area (Å²) in [5, 5.41) is 17.3. The summed E-state index contributed by atoms with van der Waals surface area (Å²) in [4.78, 5) is 1.91. The van der Waals surface area contributed by atoms with Crippen LogP contribution in [0.5, 0.6) is 5.75 Å². The number of nitrogens with one attached hydrogen (secondary N) is 2. The first-order valence-electron chi connectivity index (χ1n) is 12.5. The molecule has 8 nitrogen and oxygen atoms in total. The number of ether oxygens (including phenoxy) is 1. The summed E-state index contributed by atoms with van der Waals surface area (Å²) >= 11 is 0. The Kier molecular flexibility index (Phi) is 7.73. The number of benzene rings is 3. The lowest BCUT2D eigenvalue weighted by Crippen LogP contribution is -2.33. The van der Waals surface area contributed by atoms with Crippen molar-refractivity contribution in [1.82, 2.24) is 4.90 Å². The van der Waals surface area contributed by atoms with Gasteiger partial charge in [0.1, 0.15) is 11.6 Å². The van der Waals surface area contributed by atoms with Crippen molar-refractivity contribution in [3.63, 3.8) is 0 Å². The smallest absolute Gasteiger partial charge is 0.235 e. The number of unbranched alkanes of at least 4 members (excludes halogenated alkanes) is 1. The molecule has 9 heteroatoms. The molecule has 1 aliphatic rings. The maximum absolute atomic E-state index is 13.2. The molecule has 0 spiro atoms. The van der Waals surface area contributed by atoms with Crippen molar-refractivity contribution in [2.75, 3.05) is 30.3 Å². The molecular formula is C28H35N5O3S. The zero-order chi connectivity index (χ0) is 26.7. The Morgan fingerprint density at radius 1 is 1.08 bits per heavy atom. The predicted octanol–water partition coefficient (Wildman–Crippen LogP) is 4.67. The van der Waals surface area contributed by atoms with Crippen molar-refractivity contribution in [1.29, 1.82) is 10.8 Å². The van der Waals surface area contributed by atoms with E-state index in [0.717, 1.165) is 47.0 Å². The Hall–Kier alpha value is -3.59. The number of amidine groups is 2. The van der Waals surface area contributed by atoms with Gasteiger partial charge >= 0.3 is 0 Å². The molecule has 1 unspecified atom stereocenters. The van der Waals surface area contributed by atoms with Gasteiger partial charge in [0, 0.05) is 25.6 Å². The van der Waals surface area contributed by atoms with Crippen LogP contribution >= 0.6 is 0 Å².